The van der Waals surface area contributed by atoms with E-state index >= 15 is 0 Å². The molecule has 2 N–H and O–H groups in total. The van der Waals surface area contributed by atoms with Crippen molar-refractivity contribution in [2.75, 3.05) is 26.2 Å². The summed E-state index contributed by atoms with van der Waals surface area (Å²) in [5.41, 5.74) is 0. The Labute approximate surface area is 102 Å². The third-order valence-electron chi connectivity index (χ3n) is 3.58. The van der Waals surface area contributed by atoms with Crippen LogP contribution < -0.4 is 10.6 Å². The molecule has 0 aromatic carbocycles. The molecule has 0 spiro atoms. The Hall–Kier alpha value is -1.10. The van der Waals surface area contributed by atoms with Crippen LogP contribution in [0.2, 0.25) is 0 Å². The number of carbonyl (C=O) groups excluding carboxylic acids is 2. The number of nitrogens with zero attached hydrogens (tertiary/aromatic N) is 1. The molecule has 2 aliphatic rings. The molecular formula is C12H21N3O2. The Morgan fingerprint density at radius 3 is 2.76 bits per heavy atom. The van der Waals surface area contributed by atoms with E-state index in [2.05, 4.69) is 10.6 Å². The van der Waals surface area contributed by atoms with Crippen LogP contribution in [-0.2, 0) is 9.59 Å². The number of piperazine rings is 1. The van der Waals surface area contributed by atoms with Crippen molar-refractivity contribution in [1.29, 1.82) is 0 Å². The van der Waals surface area contributed by atoms with Gasteiger partial charge in [0.1, 0.15) is 6.04 Å². The van der Waals surface area contributed by atoms with Gasteiger partial charge in [-0.2, -0.15) is 0 Å². The normalized spacial score (nSPS) is 29.6. The van der Waals surface area contributed by atoms with Crippen LogP contribution in [0.5, 0.6) is 0 Å². The summed E-state index contributed by atoms with van der Waals surface area (Å²) >= 11 is 0. The van der Waals surface area contributed by atoms with E-state index in [9.17, 15) is 9.59 Å². The highest BCUT2D eigenvalue weighted by Gasteiger charge is 2.38. The van der Waals surface area contributed by atoms with E-state index in [-0.39, 0.29) is 29.7 Å². The topological polar surface area (TPSA) is 61.4 Å². The molecule has 0 unspecified atom stereocenters. The standard InChI is InChI=1S/C12H21N3O2/c1-8(2)10-11(16)14-5-6-15(10)12(17)9-3-4-13-7-9/h8-10,13H,3-7H2,1-2H3,(H,14,16)/t9-,10+/m1/s1. The van der Waals surface area contributed by atoms with Gasteiger partial charge in [-0.05, 0) is 18.9 Å². The summed E-state index contributed by atoms with van der Waals surface area (Å²) in [5, 5.41) is 6.04. The molecule has 0 aromatic heterocycles. The van der Waals surface area contributed by atoms with Crippen LogP contribution in [0.3, 0.4) is 0 Å². The van der Waals surface area contributed by atoms with Crippen LogP contribution in [0.4, 0.5) is 0 Å². The second-order valence-corrected chi connectivity index (χ2v) is 5.20. The molecule has 2 saturated heterocycles. The van der Waals surface area contributed by atoms with E-state index in [0.717, 1.165) is 19.5 Å². The number of amides is 2. The van der Waals surface area contributed by atoms with Crippen LogP contribution in [-0.4, -0.2) is 48.9 Å². The zero-order valence-electron chi connectivity index (χ0n) is 10.5. The number of hydrogen-bond donors (Lipinski definition) is 2. The molecular weight excluding hydrogens is 218 g/mol. The molecule has 2 fully saturated rings. The lowest BCUT2D eigenvalue weighted by atomic mass is 9.97. The first-order valence-corrected chi connectivity index (χ1v) is 6.40. The second-order valence-electron chi connectivity index (χ2n) is 5.20. The van der Waals surface area contributed by atoms with Gasteiger partial charge in [0.25, 0.3) is 0 Å². The molecule has 0 radical (unpaired) electrons. The quantitative estimate of drug-likeness (QED) is 0.688. The maximum atomic E-state index is 12.4. The molecule has 2 aliphatic heterocycles. The summed E-state index contributed by atoms with van der Waals surface area (Å²) in [6.45, 7) is 6.86. The van der Waals surface area contributed by atoms with E-state index in [1.54, 1.807) is 4.90 Å². The molecule has 0 aromatic rings. The van der Waals surface area contributed by atoms with Crippen molar-refractivity contribution in [3.05, 3.63) is 0 Å². The van der Waals surface area contributed by atoms with E-state index in [4.69, 9.17) is 0 Å². The molecule has 17 heavy (non-hydrogen) atoms. The number of rotatable bonds is 2. The smallest absolute Gasteiger partial charge is 0.243 e. The summed E-state index contributed by atoms with van der Waals surface area (Å²) in [6, 6.07) is -0.295. The van der Waals surface area contributed by atoms with Crippen LogP contribution in [0.25, 0.3) is 0 Å². The zero-order valence-corrected chi connectivity index (χ0v) is 10.5. The maximum Gasteiger partial charge on any atom is 0.243 e. The van der Waals surface area contributed by atoms with Gasteiger partial charge in [-0.15, -0.1) is 0 Å². The Morgan fingerprint density at radius 2 is 2.18 bits per heavy atom. The van der Waals surface area contributed by atoms with Gasteiger partial charge in [0.2, 0.25) is 11.8 Å². The van der Waals surface area contributed by atoms with Crippen LogP contribution in [0, 0.1) is 11.8 Å². The monoisotopic (exact) mass is 239 g/mol. The molecule has 96 valence electrons. The number of carbonyl (C=O) groups is 2. The molecule has 0 aliphatic carbocycles. The average molecular weight is 239 g/mol. The van der Waals surface area contributed by atoms with Crippen molar-refractivity contribution in [3.63, 3.8) is 0 Å². The first-order valence-electron chi connectivity index (χ1n) is 6.40. The van der Waals surface area contributed by atoms with Gasteiger partial charge in [-0.25, -0.2) is 0 Å². The van der Waals surface area contributed by atoms with Crippen molar-refractivity contribution in [2.24, 2.45) is 11.8 Å². The van der Waals surface area contributed by atoms with Crippen LogP contribution in [0.15, 0.2) is 0 Å². The van der Waals surface area contributed by atoms with Crippen molar-refractivity contribution >= 4 is 11.8 Å². The lowest BCUT2D eigenvalue weighted by Gasteiger charge is -2.38. The highest BCUT2D eigenvalue weighted by molar-refractivity contribution is 5.90. The van der Waals surface area contributed by atoms with Gasteiger partial charge in [0, 0.05) is 19.6 Å². The number of nitrogens with one attached hydrogen (secondary N) is 2. The fraction of sp³-hybridized carbons (Fsp3) is 0.833. The van der Waals surface area contributed by atoms with Gasteiger partial charge < -0.3 is 15.5 Å². The molecule has 2 rings (SSSR count). The fourth-order valence-corrected chi connectivity index (χ4v) is 2.69. The molecule has 2 atom stereocenters. The average Bonchev–Trinajstić information content (AvgIpc) is 2.80. The second kappa shape index (κ2) is 5.04. The lowest BCUT2D eigenvalue weighted by molar-refractivity contribution is -0.147. The highest BCUT2D eigenvalue weighted by atomic mass is 16.2. The summed E-state index contributed by atoms with van der Waals surface area (Å²) < 4.78 is 0. The summed E-state index contributed by atoms with van der Waals surface area (Å²) in [7, 11) is 0. The van der Waals surface area contributed by atoms with E-state index < -0.39 is 0 Å². The fourth-order valence-electron chi connectivity index (χ4n) is 2.69. The van der Waals surface area contributed by atoms with Crippen molar-refractivity contribution < 1.29 is 9.59 Å². The minimum atomic E-state index is -0.295. The van der Waals surface area contributed by atoms with Crippen LogP contribution >= 0.6 is 0 Å². The zero-order chi connectivity index (χ0) is 12.4. The Kier molecular flexibility index (Phi) is 3.66. The summed E-state index contributed by atoms with van der Waals surface area (Å²) in [4.78, 5) is 26.0. The largest absolute Gasteiger partial charge is 0.353 e. The van der Waals surface area contributed by atoms with Gasteiger partial charge in [-0.1, -0.05) is 13.8 Å². The Morgan fingerprint density at radius 1 is 1.41 bits per heavy atom. The SMILES string of the molecule is CC(C)[C@H]1C(=O)NCCN1C(=O)[C@@H]1CCNC1. The Balaban J connectivity index is 2.10. The van der Waals surface area contributed by atoms with Crippen molar-refractivity contribution in [1.82, 2.24) is 15.5 Å². The molecule has 0 saturated carbocycles. The molecule has 5 nitrogen and oxygen atoms in total. The van der Waals surface area contributed by atoms with Crippen molar-refractivity contribution in [3.8, 4) is 0 Å². The Bertz CT molecular complexity index is 311. The lowest BCUT2D eigenvalue weighted by Crippen LogP contribution is -2.60. The predicted molar refractivity (Wildman–Crippen MR) is 64.3 cm³/mol. The molecule has 2 amide bonds. The van der Waals surface area contributed by atoms with E-state index in [1.165, 1.54) is 0 Å². The third-order valence-corrected chi connectivity index (χ3v) is 3.58. The van der Waals surface area contributed by atoms with E-state index in [1.807, 2.05) is 13.8 Å². The minimum Gasteiger partial charge on any atom is -0.353 e. The van der Waals surface area contributed by atoms with Gasteiger partial charge in [-0.3, -0.25) is 9.59 Å². The van der Waals surface area contributed by atoms with Gasteiger partial charge in [0.15, 0.2) is 0 Å². The summed E-state index contributed by atoms with van der Waals surface area (Å²) in [5.74, 6) is 0.352. The first kappa shape index (κ1) is 12.4. The van der Waals surface area contributed by atoms with Gasteiger partial charge >= 0.3 is 0 Å². The molecule has 2 heterocycles. The molecule has 0 bridgehead atoms. The first-order chi connectivity index (χ1) is 8.11. The van der Waals surface area contributed by atoms with Gasteiger partial charge in [0.05, 0.1) is 5.92 Å². The number of hydrogen-bond acceptors (Lipinski definition) is 3. The highest BCUT2D eigenvalue weighted by Crippen LogP contribution is 2.19. The third kappa shape index (κ3) is 2.44. The van der Waals surface area contributed by atoms with Crippen LogP contribution in [0.1, 0.15) is 20.3 Å². The summed E-state index contributed by atoms with van der Waals surface area (Å²) in [6.07, 6.45) is 0.891. The van der Waals surface area contributed by atoms with Crippen molar-refractivity contribution in [2.45, 2.75) is 26.3 Å². The predicted octanol–water partition coefficient (Wildman–Crippen LogP) is -0.421. The van der Waals surface area contributed by atoms with E-state index in [0.29, 0.717) is 13.1 Å². The molecule has 5 heteroatoms. The maximum absolute atomic E-state index is 12.4. The minimum absolute atomic E-state index is 0.00874.